The molecule has 0 bridgehead atoms. The van der Waals surface area contributed by atoms with Crippen LogP contribution in [0, 0.1) is 0 Å². The fourth-order valence-electron chi connectivity index (χ4n) is 1.29. The van der Waals surface area contributed by atoms with Crippen LogP contribution in [-0.2, 0) is 4.79 Å². The van der Waals surface area contributed by atoms with Crippen LogP contribution in [0.15, 0.2) is 11.8 Å². The van der Waals surface area contributed by atoms with Crippen LogP contribution in [0.2, 0.25) is 0 Å². The van der Waals surface area contributed by atoms with Crippen molar-refractivity contribution in [2.24, 2.45) is 0 Å². The molecule has 0 aromatic carbocycles. The number of carboxylic acid groups (broad SMARTS) is 1. The fourth-order valence-corrected chi connectivity index (χ4v) is 1.29. The maximum absolute atomic E-state index is 10.7. The molecule has 0 rings (SSSR count). The second-order valence-corrected chi connectivity index (χ2v) is 3.86. The number of hydrogen-bond acceptors (Lipinski definition) is 2. The van der Waals surface area contributed by atoms with Gasteiger partial charge in [0.15, 0.2) is 0 Å². The summed E-state index contributed by atoms with van der Waals surface area (Å²) in [5.41, 5.74) is 0.419. The molecule has 88 valence electrons. The zero-order valence-corrected chi connectivity index (χ0v) is 10.1. The number of carbonyl (C=O) groups is 1. The van der Waals surface area contributed by atoms with Crippen molar-refractivity contribution in [3.05, 3.63) is 11.8 Å². The van der Waals surface area contributed by atoms with E-state index in [9.17, 15) is 4.79 Å². The molecule has 0 aliphatic carbocycles. The molecule has 0 saturated heterocycles. The largest absolute Gasteiger partial charge is 0.478 e. The van der Waals surface area contributed by atoms with Gasteiger partial charge in [-0.2, -0.15) is 0 Å². The van der Waals surface area contributed by atoms with Gasteiger partial charge in [-0.3, -0.25) is 0 Å². The minimum atomic E-state index is -0.826. The molecule has 0 aromatic heterocycles. The van der Waals surface area contributed by atoms with Gasteiger partial charge in [0.1, 0.15) is 0 Å². The van der Waals surface area contributed by atoms with E-state index in [0.717, 1.165) is 38.8 Å². The first-order valence-corrected chi connectivity index (χ1v) is 5.77. The molecule has 0 radical (unpaired) electrons. The standard InChI is InChI=1S/C12H23NO2/c1-4-6-8-13(9-7-5-2)10-11(3)12(14)15/h10H,4-9H2,1-3H3,(H,14,15). The van der Waals surface area contributed by atoms with Crippen LogP contribution >= 0.6 is 0 Å². The molecule has 0 atom stereocenters. The highest BCUT2D eigenvalue weighted by Crippen LogP contribution is 2.03. The number of aliphatic carboxylic acids is 1. The molecule has 1 N–H and O–H groups in total. The number of hydrogen-bond donors (Lipinski definition) is 1. The average Bonchev–Trinajstić information content (AvgIpc) is 2.21. The van der Waals surface area contributed by atoms with Gasteiger partial charge in [0.25, 0.3) is 0 Å². The molecule has 0 unspecified atom stereocenters. The lowest BCUT2D eigenvalue weighted by atomic mass is 10.2. The second kappa shape index (κ2) is 8.33. The topological polar surface area (TPSA) is 40.5 Å². The SMILES string of the molecule is CCCCN(C=C(C)C(=O)O)CCCC. The van der Waals surface area contributed by atoms with Gasteiger partial charge in [0, 0.05) is 24.9 Å². The molecule has 0 amide bonds. The van der Waals surface area contributed by atoms with Crippen molar-refractivity contribution < 1.29 is 9.90 Å². The van der Waals surface area contributed by atoms with Crippen molar-refractivity contribution in [2.45, 2.75) is 46.5 Å². The van der Waals surface area contributed by atoms with Crippen molar-refractivity contribution in [3.8, 4) is 0 Å². The number of rotatable bonds is 8. The lowest BCUT2D eigenvalue weighted by molar-refractivity contribution is -0.132. The van der Waals surface area contributed by atoms with Crippen LogP contribution in [0.4, 0.5) is 0 Å². The first-order chi connectivity index (χ1) is 7.11. The normalized spacial score (nSPS) is 11.5. The highest BCUT2D eigenvalue weighted by molar-refractivity contribution is 5.85. The van der Waals surface area contributed by atoms with Crippen LogP contribution in [-0.4, -0.2) is 29.1 Å². The molecular formula is C12H23NO2. The fraction of sp³-hybridized carbons (Fsp3) is 0.750. The van der Waals surface area contributed by atoms with E-state index in [-0.39, 0.29) is 0 Å². The van der Waals surface area contributed by atoms with Crippen LogP contribution in [0.5, 0.6) is 0 Å². The first kappa shape index (κ1) is 14.0. The predicted molar refractivity (Wildman–Crippen MR) is 62.8 cm³/mol. The lowest BCUT2D eigenvalue weighted by Gasteiger charge is -2.20. The van der Waals surface area contributed by atoms with E-state index in [1.54, 1.807) is 13.1 Å². The third-order valence-electron chi connectivity index (χ3n) is 2.31. The Morgan fingerprint density at radius 2 is 1.67 bits per heavy atom. The summed E-state index contributed by atoms with van der Waals surface area (Å²) in [5, 5.41) is 8.79. The first-order valence-electron chi connectivity index (χ1n) is 5.77. The van der Waals surface area contributed by atoms with Crippen LogP contribution in [0.25, 0.3) is 0 Å². The van der Waals surface area contributed by atoms with Gasteiger partial charge < -0.3 is 10.0 Å². The summed E-state index contributed by atoms with van der Waals surface area (Å²) in [6.07, 6.45) is 6.29. The van der Waals surface area contributed by atoms with Crippen LogP contribution < -0.4 is 0 Å². The molecule has 3 heteroatoms. The Morgan fingerprint density at radius 3 is 2.00 bits per heavy atom. The van der Waals surface area contributed by atoms with E-state index in [1.807, 2.05) is 0 Å². The summed E-state index contributed by atoms with van der Waals surface area (Å²) in [4.78, 5) is 12.8. The van der Waals surface area contributed by atoms with E-state index >= 15 is 0 Å². The van der Waals surface area contributed by atoms with E-state index in [2.05, 4.69) is 18.7 Å². The van der Waals surface area contributed by atoms with Crippen molar-refractivity contribution >= 4 is 5.97 Å². The predicted octanol–water partition coefficient (Wildman–Crippen LogP) is 2.88. The summed E-state index contributed by atoms with van der Waals surface area (Å²) >= 11 is 0. The molecular weight excluding hydrogens is 190 g/mol. The van der Waals surface area contributed by atoms with Crippen LogP contribution in [0.1, 0.15) is 46.5 Å². The maximum Gasteiger partial charge on any atom is 0.332 e. The van der Waals surface area contributed by atoms with Gasteiger partial charge in [-0.25, -0.2) is 4.79 Å². The average molecular weight is 213 g/mol. The molecule has 0 saturated carbocycles. The van der Waals surface area contributed by atoms with Gasteiger partial charge >= 0.3 is 5.97 Å². The second-order valence-electron chi connectivity index (χ2n) is 3.86. The van der Waals surface area contributed by atoms with Crippen molar-refractivity contribution in [2.75, 3.05) is 13.1 Å². The molecule has 0 aromatic rings. The van der Waals surface area contributed by atoms with Crippen LogP contribution in [0.3, 0.4) is 0 Å². The van der Waals surface area contributed by atoms with Gasteiger partial charge in [0.2, 0.25) is 0 Å². The third-order valence-corrected chi connectivity index (χ3v) is 2.31. The van der Waals surface area contributed by atoms with E-state index in [0.29, 0.717) is 5.57 Å². The molecule has 0 aliphatic heterocycles. The summed E-state index contributed by atoms with van der Waals surface area (Å²) < 4.78 is 0. The molecule has 0 aliphatic rings. The monoisotopic (exact) mass is 213 g/mol. The van der Waals surface area contributed by atoms with Crippen molar-refractivity contribution in [3.63, 3.8) is 0 Å². The Kier molecular flexibility index (Phi) is 7.78. The Morgan fingerprint density at radius 1 is 1.20 bits per heavy atom. The number of carboxylic acids is 1. The molecule has 15 heavy (non-hydrogen) atoms. The Labute approximate surface area is 92.8 Å². The highest BCUT2D eigenvalue weighted by Gasteiger charge is 2.04. The minimum Gasteiger partial charge on any atom is -0.478 e. The minimum absolute atomic E-state index is 0.419. The molecule has 3 nitrogen and oxygen atoms in total. The Balaban J connectivity index is 4.21. The van der Waals surface area contributed by atoms with E-state index in [4.69, 9.17) is 5.11 Å². The smallest absolute Gasteiger partial charge is 0.332 e. The summed E-state index contributed by atoms with van der Waals surface area (Å²) in [7, 11) is 0. The zero-order valence-electron chi connectivity index (χ0n) is 10.1. The van der Waals surface area contributed by atoms with Gasteiger partial charge in [-0.15, -0.1) is 0 Å². The van der Waals surface area contributed by atoms with Gasteiger partial charge in [-0.05, 0) is 19.8 Å². The number of unbranched alkanes of at least 4 members (excludes halogenated alkanes) is 2. The molecule has 0 heterocycles. The van der Waals surface area contributed by atoms with Gasteiger partial charge in [-0.1, -0.05) is 26.7 Å². The summed E-state index contributed by atoms with van der Waals surface area (Å²) in [6, 6.07) is 0. The third kappa shape index (κ3) is 7.00. The quantitative estimate of drug-likeness (QED) is 0.630. The zero-order chi connectivity index (χ0) is 11.7. The highest BCUT2D eigenvalue weighted by atomic mass is 16.4. The Hall–Kier alpha value is -0.990. The van der Waals surface area contributed by atoms with Gasteiger partial charge in [0.05, 0.1) is 0 Å². The van der Waals surface area contributed by atoms with Crippen molar-refractivity contribution in [1.82, 2.24) is 4.90 Å². The molecule has 0 fully saturated rings. The number of nitrogens with zero attached hydrogens (tertiary/aromatic N) is 1. The summed E-state index contributed by atoms with van der Waals surface area (Å²) in [6.45, 7) is 7.85. The Bertz CT molecular complexity index is 204. The molecule has 0 spiro atoms. The summed E-state index contributed by atoms with van der Waals surface area (Å²) in [5.74, 6) is -0.826. The van der Waals surface area contributed by atoms with E-state index in [1.165, 1.54) is 0 Å². The van der Waals surface area contributed by atoms with E-state index < -0.39 is 5.97 Å². The van der Waals surface area contributed by atoms with Crippen molar-refractivity contribution in [1.29, 1.82) is 0 Å². The lowest BCUT2D eigenvalue weighted by Crippen LogP contribution is -2.21. The maximum atomic E-state index is 10.7.